The van der Waals surface area contributed by atoms with Crippen LogP contribution in [0.3, 0.4) is 0 Å². The number of anilines is 1. The second-order valence-corrected chi connectivity index (χ2v) is 4.71. The molecule has 0 amide bonds. The number of benzene rings is 1. The molecule has 2 aromatic rings. The Bertz CT molecular complexity index is 663. The molecule has 0 bridgehead atoms. The van der Waals surface area contributed by atoms with Crippen LogP contribution in [0, 0.1) is 0 Å². The van der Waals surface area contributed by atoms with Crippen molar-refractivity contribution in [2.24, 2.45) is 7.05 Å². The van der Waals surface area contributed by atoms with Crippen LogP contribution in [0.25, 0.3) is 11.1 Å². The van der Waals surface area contributed by atoms with Gasteiger partial charge in [-0.15, -0.1) is 0 Å². The molecule has 0 spiro atoms. The van der Waals surface area contributed by atoms with Crippen LogP contribution < -0.4 is 15.2 Å². The summed E-state index contributed by atoms with van der Waals surface area (Å²) in [6.07, 6.45) is 1.45. The van der Waals surface area contributed by atoms with Gasteiger partial charge in [0.2, 0.25) is 0 Å². The van der Waals surface area contributed by atoms with Gasteiger partial charge >= 0.3 is 0 Å². The van der Waals surface area contributed by atoms with E-state index in [1.165, 1.54) is 37.2 Å². The maximum absolute atomic E-state index is 13.9. The highest BCUT2D eigenvalue weighted by Gasteiger charge is 2.31. The van der Waals surface area contributed by atoms with Gasteiger partial charge in [0.1, 0.15) is 5.82 Å². The molecule has 0 aliphatic carbocycles. The van der Waals surface area contributed by atoms with Crippen molar-refractivity contribution < 1.29 is 18.3 Å². The van der Waals surface area contributed by atoms with Crippen LogP contribution >= 0.6 is 0 Å². The van der Waals surface area contributed by atoms with Crippen molar-refractivity contribution >= 4 is 5.82 Å². The van der Waals surface area contributed by atoms with Gasteiger partial charge in [0, 0.05) is 30.7 Å². The molecule has 114 valence electrons. The summed E-state index contributed by atoms with van der Waals surface area (Å²) in [6, 6.07) is 2.75. The van der Waals surface area contributed by atoms with E-state index in [9.17, 15) is 8.78 Å². The Kier molecular flexibility index (Phi) is 3.76. The Labute approximate surface area is 121 Å². The first-order chi connectivity index (χ1) is 9.79. The van der Waals surface area contributed by atoms with Gasteiger partial charge in [-0.1, -0.05) is 0 Å². The monoisotopic (exact) mass is 297 g/mol. The predicted molar refractivity (Wildman–Crippen MR) is 75.7 cm³/mol. The summed E-state index contributed by atoms with van der Waals surface area (Å²) in [4.78, 5) is 0. The number of hydrogen-bond donors (Lipinski definition) is 1. The van der Waals surface area contributed by atoms with Crippen LogP contribution in [0.4, 0.5) is 14.6 Å². The normalized spacial score (nSPS) is 11.5. The maximum atomic E-state index is 13.9. The number of halogens is 2. The lowest BCUT2D eigenvalue weighted by Gasteiger charge is -2.19. The fraction of sp³-hybridized carbons (Fsp3) is 0.357. The molecule has 0 unspecified atom stereocenters. The zero-order valence-electron chi connectivity index (χ0n) is 12.3. The zero-order chi connectivity index (χ0) is 15.8. The molecule has 1 aromatic heterocycles. The minimum absolute atomic E-state index is 0.195. The minimum Gasteiger partial charge on any atom is -0.493 e. The molecule has 21 heavy (non-hydrogen) atoms. The molecule has 0 saturated heterocycles. The number of nitrogens with zero attached hydrogens (tertiary/aromatic N) is 2. The van der Waals surface area contributed by atoms with Crippen LogP contribution in [0.1, 0.15) is 12.5 Å². The lowest BCUT2D eigenvalue weighted by atomic mass is 9.96. The van der Waals surface area contributed by atoms with Gasteiger partial charge in [-0.2, -0.15) is 5.10 Å². The molecule has 0 aliphatic rings. The third-order valence-electron chi connectivity index (χ3n) is 3.27. The van der Waals surface area contributed by atoms with E-state index >= 15 is 0 Å². The number of nitrogen functional groups attached to an aromatic ring is 1. The number of ether oxygens (including phenoxy) is 2. The van der Waals surface area contributed by atoms with E-state index < -0.39 is 5.92 Å². The predicted octanol–water partition coefficient (Wildman–Crippen LogP) is 2.80. The Morgan fingerprint density at radius 2 is 1.71 bits per heavy atom. The first-order valence-electron chi connectivity index (χ1n) is 6.21. The van der Waals surface area contributed by atoms with Gasteiger partial charge in [-0.05, 0) is 12.1 Å². The van der Waals surface area contributed by atoms with Crippen LogP contribution in [-0.2, 0) is 13.0 Å². The van der Waals surface area contributed by atoms with E-state index in [0.717, 1.165) is 6.92 Å². The van der Waals surface area contributed by atoms with Gasteiger partial charge in [0.05, 0.1) is 20.4 Å². The number of nitrogens with two attached hydrogens (primary N) is 1. The maximum Gasteiger partial charge on any atom is 0.271 e. The summed E-state index contributed by atoms with van der Waals surface area (Å²) >= 11 is 0. The molecule has 0 aliphatic heterocycles. The molecular weight excluding hydrogens is 280 g/mol. The van der Waals surface area contributed by atoms with Crippen molar-refractivity contribution in [2.45, 2.75) is 12.8 Å². The topological polar surface area (TPSA) is 62.3 Å². The number of rotatable bonds is 4. The van der Waals surface area contributed by atoms with E-state index in [1.54, 1.807) is 7.05 Å². The second kappa shape index (κ2) is 5.23. The van der Waals surface area contributed by atoms with Gasteiger partial charge in [-0.3, -0.25) is 4.68 Å². The number of aryl methyl sites for hydroxylation is 1. The van der Waals surface area contributed by atoms with Crippen LogP contribution in [0.2, 0.25) is 0 Å². The van der Waals surface area contributed by atoms with E-state index in [2.05, 4.69) is 5.10 Å². The van der Waals surface area contributed by atoms with Crippen molar-refractivity contribution in [2.75, 3.05) is 20.0 Å². The standard InChI is InChI=1S/C14H17F2N3O2/c1-14(15,16)10-6-12(21-4)11(20-3)5-8(10)9-7-18-19(2)13(9)17/h5-7H,17H2,1-4H3. The number of alkyl halides is 2. The van der Waals surface area contributed by atoms with Crippen LogP contribution in [-0.4, -0.2) is 24.0 Å². The summed E-state index contributed by atoms with van der Waals surface area (Å²) in [5, 5.41) is 3.99. The van der Waals surface area contributed by atoms with Crippen molar-refractivity contribution in [1.82, 2.24) is 9.78 Å². The highest BCUT2D eigenvalue weighted by atomic mass is 19.3. The molecule has 1 heterocycles. The van der Waals surface area contributed by atoms with Crippen molar-refractivity contribution in [1.29, 1.82) is 0 Å². The van der Waals surface area contributed by atoms with Crippen molar-refractivity contribution in [3.63, 3.8) is 0 Å². The van der Waals surface area contributed by atoms with Gasteiger partial charge in [0.25, 0.3) is 5.92 Å². The lowest BCUT2D eigenvalue weighted by molar-refractivity contribution is 0.0178. The lowest BCUT2D eigenvalue weighted by Crippen LogP contribution is -2.10. The van der Waals surface area contributed by atoms with E-state index in [0.29, 0.717) is 17.1 Å². The Morgan fingerprint density at radius 3 is 2.14 bits per heavy atom. The zero-order valence-corrected chi connectivity index (χ0v) is 12.3. The Morgan fingerprint density at radius 1 is 1.14 bits per heavy atom. The summed E-state index contributed by atoms with van der Waals surface area (Å²) in [5.41, 5.74) is 6.39. The van der Waals surface area contributed by atoms with E-state index in [1.807, 2.05) is 0 Å². The molecule has 2 N–H and O–H groups in total. The molecule has 5 nitrogen and oxygen atoms in total. The third kappa shape index (κ3) is 2.63. The highest BCUT2D eigenvalue weighted by molar-refractivity contribution is 5.79. The first-order valence-corrected chi connectivity index (χ1v) is 6.21. The van der Waals surface area contributed by atoms with E-state index in [-0.39, 0.29) is 16.9 Å². The summed E-state index contributed by atoms with van der Waals surface area (Å²) < 4.78 is 39.5. The summed E-state index contributed by atoms with van der Waals surface area (Å²) in [5.74, 6) is -2.17. The van der Waals surface area contributed by atoms with Gasteiger partial charge in [-0.25, -0.2) is 8.78 Å². The molecular formula is C14H17F2N3O2. The molecule has 0 saturated carbocycles. The number of hydrogen-bond acceptors (Lipinski definition) is 4. The van der Waals surface area contributed by atoms with Crippen molar-refractivity contribution in [3.8, 4) is 22.6 Å². The highest BCUT2D eigenvalue weighted by Crippen LogP contribution is 2.43. The molecule has 0 radical (unpaired) electrons. The molecule has 1 aromatic carbocycles. The Hall–Kier alpha value is -2.31. The number of methoxy groups -OCH3 is 2. The van der Waals surface area contributed by atoms with Crippen molar-refractivity contribution in [3.05, 3.63) is 23.9 Å². The SMILES string of the molecule is COc1cc(-c2cnn(C)c2N)c(C(C)(F)F)cc1OC. The number of aromatic nitrogens is 2. The second-order valence-electron chi connectivity index (χ2n) is 4.71. The molecule has 2 rings (SSSR count). The van der Waals surface area contributed by atoms with Gasteiger partial charge in [0.15, 0.2) is 11.5 Å². The fourth-order valence-electron chi connectivity index (χ4n) is 2.12. The van der Waals surface area contributed by atoms with Crippen LogP contribution in [0.15, 0.2) is 18.3 Å². The molecule has 0 atom stereocenters. The smallest absolute Gasteiger partial charge is 0.271 e. The minimum atomic E-state index is -3.06. The van der Waals surface area contributed by atoms with E-state index in [4.69, 9.17) is 15.2 Å². The van der Waals surface area contributed by atoms with Crippen LogP contribution in [0.5, 0.6) is 11.5 Å². The Balaban J connectivity index is 2.76. The largest absolute Gasteiger partial charge is 0.493 e. The summed E-state index contributed by atoms with van der Waals surface area (Å²) in [7, 11) is 4.48. The fourth-order valence-corrected chi connectivity index (χ4v) is 2.12. The van der Waals surface area contributed by atoms with Gasteiger partial charge < -0.3 is 15.2 Å². The molecule has 0 fully saturated rings. The molecule has 7 heteroatoms. The average Bonchev–Trinajstić information content (AvgIpc) is 2.76. The first kappa shape index (κ1) is 15.1. The average molecular weight is 297 g/mol. The summed E-state index contributed by atoms with van der Waals surface area (Å²) in [6.45, 7) is 0.824. The third-order valence-corrected chi connectivity index (χ3v) is 3.27. The quantitative estimate of drug-likeness (QED) is 0.942.